The van der Waals surface area contributed by atoms with Crippen LogP contribution < -0.4 is 5.32 Å². The Kier molecular flexibility index (Phi) is 7.53. The number of imide groups is 1. The summed E-state index contributed by atoms with van der Waals surface area (Å²) in [6.45, 7) is 1.01. The summed E-state index contributed by atoms with van der Waals surface area (Å²) in [7, 11) is 0. The molecule has 2 N–H and O–H groups in total. The van der Waals surface area contributed by atoms with Gasteiger partial charge >= 0.3 is 12.2 Å². The molecule has 2 fully saturated rings. The largest absolute Gasteiger partial charge is 0.416 e. The normalized spacial score (nSPS) is 20.0. The highest BCUT2D eigenvalue weighted by Gasteiger charge is 2.38. The summed E-state index contributed by atoms with van der Waals surface area (Å²) in [5, 5.41) is 10.4. The van der Waals surface area contributed by atoms with E-state index in [0.29, 0.717) is 42.0 Å². The van der Waals surface area contributed by atoms with Gasteiger partial charge in [-0.1, -0.05) is 23.7 Å². The van der Waals surface area contributed by atoms with E-state index in [1.165, 1.54) is 17.0 Å². The highest BCUT2D eigenvalue weighted by molar-refractivity contribution is 6.35. The van der Waals surface area contributed by atoms with E-state index in [0.717, 1.165) is 28.6 Å². The number of rotatable bonds is 5. The van der Waals surface area contributed by atoms with Crippen molar-refractivity contribution >= 4 is 46.3 Å². The van der Waals surface area contributed by atoms with Crippen molar-refractivity contribution in [2.24, 2.45) is 5.92 Å². The van der Waals surface area contributed by atoms with Gasteiger partial charge in [0, 0.05) is 44.0 Å². The molecule has 43 heavy (non-hydrogen) atoms. The van der Waals surface area contributed by atoms with Crippen LogP contribution in [-0.4, -0.2) is 74.3 Å². The molecule has 10 nitrogen and oxygen atoms in total. The van der Waals surface area contributed by atoms with Crippen LogP contribution in [0.25, 0.3) is 10.9 Å². The number of alkyl halides is 3. The van der Waals surface area contributed by atoms with Gasteiger partial charge in [0.25, 0.3) is 0 Å². The van der Waals surface area contributed by atoms with Gasteiger partial charge in [-0.3, -0.25) is 24.8 Å². The van der Waals surface area contributed by atoms with E-state index in [2.05, 4.69) is 15.5 Å². The Morgan fingerprint density at radius 2 is 1.79 bits per heavy atom. The lowest BCUT2D eigenvalue weighted by Gasteiger charge is -2.36. The van der Waals surface area contributed by atoms with Gasteiger partial charge in [0.1, 0.15) is 6.54 Å². The maximum atomic E-state index is 14.0. The molecule has 4 heterocycles. The van der Waals surface area contributed by atoms with Crippen molar-refractivity contribution in [1.82, 2.24) is 30.2 Å². The van der Waals surface area contributed by atoms with Crippen molar-refractivity contribution in [2.75, 3.05) is 19.6 Å². The number of urea groups is 1. The fourth-order valence-electron chi connectivity index (χ4n) is 6.26. The van der Waals surface area contributed by atoms with Gasteiger partial charge in [-0.25, -0.2) is 4.79 Å². The molecule has 0 bridgehead atoms. The highest BCUT2D eigenvalue weighted by atomic mass is 35.5. The predicted octanol–water partition coefficient (Wildman–Crippen LogP) is 3.87. The summed E-state index contributed by atoms with van der Waals surface area (Å²) in [6, 6.07) is 5.90. The first-order valence-electron chi connectivity index (χ1n) is 13.9. The molecule has 1 atom stereocenters. The van der Waals surface area contributed by atoms with Crippen LogP contribution in [0.15, 0.2) is 36.5 Å². The molecule has 5 amide bonds. The number of hydrogen-bond acceptors (Lipinski definition) is 5. The molecule has 2 saturated heterocycles. The van der Waals surface area contributed by atoms with Crippen LogP contribution in [-0.2, 0) is 40.1 Å². The Hall–Kier alpha value is -4.13. The quantitative estimate of drug-likeness (QED) is 0.422. The molecule has 3 aliphatic rings. The standard InChI is InChI=1S/C29H28ClF3N6O4/c30-23-10-17-9-18(11-25(41)37-7-5-20(6-8-37)39-15-24(40)35-28(39)43)27(42)38(14-22(17)21-12-34-36-26(21)23)13-16-1-3-19(4-2-16)29(31,32)33/h1-4,10,12,18,20H,5-9,11,13-15H2,(H,34,36)(H,35,40,43)/t18-/m0/s1. The smallest absolute Gasteiger partial charge is 0.343 e. The maximum Gasteiger partial charge on any atom is 0.416 e. The Morgan fingerprint density at radius 1 is 1.07 bits per heavy atom. The minimum Gasteiger partial charge on any atom is -0.343 e. The molecular formula is C29H28ClF3N6O4. The number of aromatic nitrogens is 2. The summed E-state index contributed by atoms with van der Waals surface area (Å²) >= 11 is 6.51. The zero-order valence-corrected chi connectivity index (χ0v) is 23.7. The van der Waals surface area contributed by atoms with Gasteiger partial charge in [0.15, 0.2) is 0 Å². The minimum absolute atomic E-state index is 0.00862. The molecule has 14 heteroatoms. The first kappa shape index (κ1) is 29.0. The molecule has 0 aliphatic carbocycles. The van der Waals surface area contributed by atoms with E-state index < -0.39 is 23.7 Å². The van der Waals surface area contributed by atoms with Crippen molar-refractivity contribution in [2.45, 2.75) is 51.0 Å². The number of amides is 5. The van der Waals surface area contributed by atoms with Crippen molar-refractivity contribution in [3.05, 3.63) is 63.8 Å². The Morgan fingerprint density at radius 3 is 2.44 bits per heavy atom. The molecule has 0 radical (unpaired) electrons. The van der Waals surface area contributed by atoms with Crippen molar-refractivity contribution in [1.29, 1.82) is 0 Å². The number of hydrogen-bond donors (Lipinski definition) is 2. The van der Waals surface area contributed by atoms with Crippen molar-refractivity contribution in [3.63, 3.8) is 0 Å². The Balaban J connectivity index is 1.22. The first-order chi connectivity index (χ1) is 20.5. The number of halogens is 4. The van der Waals surface area contributed by atoms with Crippen LogP contribution >= 0.6 is 11.6 Å². The topological polar surface area (TPSA) is 119 Å². The molecular weight excluding hydrogens is 589 g/mol. The van der Waals surface area contributed by atoms with Gasteiger partial charge < -0.3 is 14.7 Å². The average Bonchev–Trinajstić information content (AvgIpc) is 3.57. The van der Waals surface area contributed by atoms with Crippen molar-refractivity contribution in [3.8, 4) is 0 Å². The molecule has 0 unspecified atom stereocenters. The van der Waals surface area contributed by atoms with Crippen LogP contribution in [0.2, 0.25) is 5.02 Å². The molecule has 0 spiro atoms. The monoisotopic (exact) mass is 616 g/mol. The van der Waals surface area contributed by atoms with Crippen LogP contribution in [0, 0.1) is 5.92 Å². The van der Waals surface area contributed by atoms with E-state index in [1.807, 2.05) is 0 Å². The highest BCUT2D eigenvalue weighted by Crippen LogP contribution is 2.35. The van der Waals surface area contributed by atoms with Gasteiger partial charge in [-0.15, -0.1) is 0 Å². The van der Waals surface area contributed by atoms with Crippen LogP contribution in [0.1, 0.15) is 41.5 Å². The SMILES string of the molecule is O=C1CN(C2CCN(C(=O)C[C@@H]3Cc4cc(Cl)c5[nH]ncc5c4CN(Cc4ccc(C(F)(F)F)cc4)C3=O)CC2)C(=O)N1. The predicted molar refractivity (Wildman–Crippen MR) is 148 cm³/mol. The number of piperidine rings is 1. The molecule has 3 aromatic rings. The summed E-state index contributed by atoms with van der Waals surface area (Å²) in [5.74, 6) is -1.54. The minimum atomic E-state index is -4.47. The van der Waals surface area contributed by atoms with E-state index in [9.17, 15) is 32.3 Å². The third-order valence-electron chi connectivity index (χ3n) is 8.52. The van der Waals surface area contributed by atoms with Gasteiger partial charge in [0.05, 0.1) is 28.2 Å². The van der Waals surface area contributed by atoms with Crippen LogP contribution in [0.4, 0.5) is 18.0 Å². The van der Waals surface area contributed by atoms with Crippen LogP contribution in [0.5, 0.6) is 0 Å². The summed E-state index contributed by atoms with van der Waals surface area (Å²) in [5.41, 5.74) is 2.00. The number of likely N-dealkylation sites (tertiary alicyclic amines) is 1. The molecule has 2 aromatic carbocycles. The number of aromatic amines is 1. The Bertz CT molecular complexity index is 1600. The molecule has 6 rings (SSSR count). The number of nitrogens with zero attached hydrogens (tertiary/aromatic N) is 4. The second-order valence-electron chi connectivity index (χ2n) is 11.2. The fraction of sp³-hybridized carbons (Fsp3) is 0.414. The number of H-pyrrole nitrogens is 1. The summed E-state index contributed by atoms with van der Waals surface area (Å²) in [4.78, 5) is 55.8. The van der Waals surface area contributed by atoms with Crippen molar-refractivity contribution < 1.29 is 32.3 Å². The number of carbonyl (C=O) groups is 4. The number of benzene rings is 2. The van der Waals surface area contributed by atoms with Gasteiger partial charge in [-0.05, 0) is 54.2 Å². The lowest BCUT2D eigenvalue weighted by atomic mass is 9.92. The summed E-state index contributed by atoms with van der Waals surface area (Å²) in [6.07, 6.45) is -1.61. The third kappa shape index (κ3) is 5.77. The molecule has 1 aromatic heterocycles. The second kappa shape index (κ2) is 11.2. The van der Waals surface area contributed by atoms with E-state index in [-0.39, 0.29) is 56.2 Å². The zero-order chi connectivity index (χ0) is 30.5. The molecule has 0 saturated carbocycles. The maximum absolute atomic E-state index is 14.0. The van der Waals surface area contributed by atoms with E-state index >= 15 is 0 Å². The van der Waals surface area contributed by atoms with E-state index in [1.54, 1.807) is 22.1 Å². The first-order valence-corrected chi connectivity index (χ1v) is 14.3. The van der Waals surface area contributed by atoms with Gasteiger partial charge in [-0.2, -0.15) is 18.3 Å². The number of carbonyl (C=O) groups excluding carboxylic acids is 4. The Labute approximate surface area is 249 Å². The number of nitrogens with one attached hydrogen (secondary N) is 2. The second-order valence-corrected chi connectivity index (χ2v) is 11.6. The van der Waals surface area contributed by atoms with Gasteiger partial charge in [0.2, 0.25) is 17.7 Å². The van der Waals surface area contributed by atoms with Crippen LogP contribution in [0.3, 0.4) is 0 Å². The lowest BCUT2D eigenvalue weighted by Crippen LogP contribution is -2.48. The summed E-state index contributed by atoms with van der Waals surface area (Å²) < 4.78 is 39.3. The lowest BCUT2D eigenvalue weighted by molar-refractivity contribution is -0.142. The molecule has 3 aliphatic heterocycles. The molecule has 226 valence electrons. The average molecular weight is 617 g/mol. The third-order valence-corrected chi connectivity index (χ3v) is 8.82. The number of fused-ring (bicyclic) bond motifs is 3. The zero-order valence-electron chi connectivity index (χ0n) is 22.9. The van der Waals surface area contributed by atoms with E-state index in [4.69, 9.17) is 11.6 Å². The fourth-order valence-corrected chi connectivity index (χ4v) is 6.54.